The third-order valence-corrected chi connectivity index (χ3v) is 4.26. The molecule has 146 valence electrons. The number of imidazole rings is 1. The van der Waals surface area contributed by atoms with E-state index in [2.05, 4.69) is 4.98 Å². The van der Waals surface area contributed by atoms with Gasteiger partial charge in [-0.25, -0.2) is 9.78 Å². The smallest absolute Gasteiger partial charge is 0.427 e. The van der Waals surface area contributed by atoms with Crippen LogP contribution < -0.4 is 4.74 Å². The molecule has 0 aliphatic heterocycles. The van der Waals surface area contributed by atoms with Crippen LogP contribution >= 0.6 is 0 Å². The molecule has 8 nitrogen and oxygen atoms in total. The van der Waals surface area contributed by atoms with Gasteiger partial charge in [-0.05, 0) is 25.0 Å². The molecule has 0 bridgehead atoms. The van der Waals surface area contributed by atoms with Crippen LogP contribution in [0.1, 0.15) is 19.0 Å². The lowest BCUT2D eigenvalue weighted by atomic mass is 9.87. The van der Waals surface area contributed by atoms with Gasteiger partial charge in [0.1, 0.15) is 5.75 Å². The predicted octanol–water partition coefficient (Wildman–Crippen LogP) is 2.31. The van der Waals surface area contributed by atoms with Gasteiger partial charge in [-0.1, -0.05) is 25.1 Å². The zero-order valence-corrected chi connectivity index (χ0v) is 15.4. The van der Waals surface area contributed by atoms with E-state index in [1.165, 1.54) is 0 Å². The zero-order chi connectivity index (χ0) is 19.6. The van der Waals surface area contributed by atoms with Gasteiger partial charge >= 0.3 is 12.1 Å². The van der Waals surface area contributed by atoms with Gasteiger partial charge in [0.25, 0.3) is 0 Å². The van der Waals surface area contributed by atoms with Gasteiger partial charge in [0.05, 0.1) is 12.2 Å². The second-order valence-corrected chi connectivity index (χ2v) is 6.05. The fraction of sp³-hybridized carbons (Fsp3) is 0.421. The SMILES string of the molecule is CC[C@H](C(=O)OCOC(=O)Oc1ccccc1)[C@H](CO)Cc1cncn1C. The van der Waals surface area contributed by atoms with E-state index in [9.17, 15) is 14.7 Å². The van der Waals surface area contributed by atoms with Crippen molar-refractivity contribution in [1.29, 1.82) is 0 Å². The van der Waals surface area contributed by atoms with E-state index in [1.807, 2.05) is 18.5 Å². The Morgan fingerprint density at radius 3 is 2.56 bits per heavy atom. The van der Waals surface area contributed by atoms with E-state index >= 15 is 0 Å². The summed E-state index contributed by atoms with van der Waals surface area (Å²) in [6.07, 6.45) is 3.36. The van der Waals surface area contributed by atoms with Gasteiger partial charge in [0, 0.05) is 31.5 Å². The number of nitrogens with zero attached hydrogens (tertiary/aromatic N) is 2. The first-order chi connectivity index (χ1) is 13.0. The van der Waals surface area contributed by atoms with Crippen LogP contribution in [0.25, 0.3) is 0 Å². The molecule has 0 amide bonds. The molecule has 2 rings (SSSR count). The van der Waals surface area contributed by atoms with E-state index < -0.39 is 24.8 Å². The van der Waals surface area contributed by atoms with E-state index in [-0.39, 0.29) is 12.5 Å². The van der Waals surface area contributed by atoms with Crippen LogP contribution in [-0.4, -0.2) is 40.2 Å². The highest BCUT2D eigenvalue weighted by atomic mass is 16.8. The lowest BCUT2D eigenvalue weighted by Crippen LogP contribution is -2.30. The van der Waals surface area contributed by atoms with Crippen molar-refractivity contribution in [2.24, 2.45) is 18.9 Å². The summed E-state index contributed by atoms with van der Waals surface area (Å²) in [6.45, 7) is 1.11. The molecule has 0 spiro atoms. The van der Waals surface area contributed by atoms with Gasteiger partial charge in [0.2, 0.25) is 6.79 Å². The van der Waals surface area contributed by atoms with E-state index in [0.717, 1.165) is 5.69 Å². The van der Waals surface area contributed by atoms with E-state index in [0.29, 0.717) is 18.6 Å². The molecule has 0 radical (unpaired) electrons. The molecule has 1 heterocycles. The van der Waals surface area contributed by atoms with Crippen LogP contribution in [0.2, 0.25) is 0 Å². The highest BCUT2D eigenvalue weighted by Gasteiger charge is 2.29. The zero-order valence-electron chi connectivity index (χ0n) is 15.4. The fourth-order valence-electron chi connectivity index (χ4n) is 2.73. The van der Waals surface area contributed by atoms with Crippen molar-refractivity contribution in [2.75, 3.05) is 13.4 Å². The number of aromatic nitrogens is 2. The Bertz CT molecular complexity index is 731. The summed E-state index contributed by atoms with van der Waals surface area (Å²) < 4.78 is 16.6. The molecule has 2 atom stereocenters. The van der Waals surface area contributed by atoms with Crippen molar-refractivity contribution in [3.05, 3.63) is 48.5 Å². The van der Waals surface area contributed by atoms with Gasteiger partial charge in [-0.3, -0.25) is 4.79 Å². The summed E-state index contributed by atoms with van der Waals surface area (Å²) in [4.78, 5) is 28.0. The first-order valence-electron chi connectivity index (χ1n) is 8.67. The Labute approximate surface area is 157 Å². The van der Waals surface area contributed by atoms with E-state index in [4.69, 9.17) is 14.2 Å². The first-order valence-corrected chi connectivity index (χ1v) is 8.67. The maximum atomic E-state index is 12.3. The largest absolute Gasteiger partial charge is 0.516 e. The molecule has 0 saturated heterocycles. The van der Waals surface area contributed by atoms with Crippen LogP contribution in [0.15, 0.2) is 42.9 Å². The van der Waals surface area contributed by atoms with Crippen molar-refractivity contribution < 1.29 is 28.9 Å². The Balaban J connectivity index is 1.82. The number of rotatable bonds is 9. The van der Waals surface area contributed by atoms with Crippen molar-refractivity contribution in [2.45, 2.75) is 19.8 Å². The lowest BCUT2D eigenvalue weighted by Gasteiger charge is -2.23. The van der Waals surface area contributed by atoms with Crippen molar-refractivity contribution in [3.8, 4) is 5.75 Å². The minimum Gasteiger partial charge on any atom is -0.427 e. The van der Waals surface area contributed by atoms with Crippen LogP contribution in [0.5, 0.6) is 5.75 Å². The Hall–Kier alpha value is -2.87. The molecular weight excluding hydrogens is 352 g/mol. The Morgan fingerprint density at radius 1 is 1.22 bits per heavy atom. The molecule has 0 aliphatic carbocycles. The highest BCUT2D eigenvalue weighted by Crippen LogP contribution is 2.22. The van der Waals surface area contributed by atoms with Crippen molar-refractivity contribution in [1.82, 2.24) is 9.55 Å². The number of benzene rings is 1. The molecule has 1 aromatic heterocycles. The number of hydrogen-bond acceptors (Lipinski definition) is 7. The number of ether oxygens (including phenoxy) is 3. The summed E-state index contributed by atoms with van der Waals surface area (Å²) in [5, 5.41) is 9.70. The molecule has 27 heavy (non-hydrogen) atoms. The molecule has 0 fully saturated rings. The minimum absolute atomic E-state index is 0.171. The lowest BCUT2D eigenvalue weighted by molar-refractivity contribution is -0.160. The summed E-state index contributed by atoms with van der Waals surface area (Å²) in [5.41, 5.74) is 0.906. The standard InChI is InChI=1S/C19H24N2O6/c1-3-17(14(11-22)9-15-10-20-12-21(15)2)18(23)25-13-26-19(24)27-16-7-5-4-6-8-16/h4-8,10,12,14,17,22H,3,9,11,13H2,1-2H3/t14-,17-/m0/s1. The summed E-state index contributed by atoms with van der Waals surface area (Å²) in [7, 11) is 1.85. The monoisotopic (exact) mass is 376 g/mol. The Morgan fingerprint density at radius 2 is 1.96 bits per heavy atom. The fourth-order valence-corrected chi connectivity index (χ4v) is 2.73. The molecular formula is C19H24N2O6. The third kappa shape index (κ3) is 6.10. The summed E-state index contributed by atoms with van der Waals surface area (Å²) >= 11 is 0. The average molecular weight is 376 g/mol. The molecule has 1 N–H and O–H groups in total. The number of carbonyl (C=O) groups excluding carboxylic acids is 2. The second-order valence-electron chi connectivity index (χ2n) is 6.05. The van der Waals surface area contributed by atoms with Crippen LogP contribution in [0.3, 0.4) is 0 Å². The van der Waals surface area contributed by atoms with Crippen molar-refractivity contribution >= 4 is 12.1 Å². The number of aryl methyl sites for hydroxylation is 1. The summed E-state index contributed by atoms with van der Waals surface area (Å²) in [5.74, 6) is -1.06. The highest BCUT2D eigenvalue weighted by molar-refractivity contribution is 5.73. The van der Waals surface area contributed by atoms with Crippen LogP contribution in [0.4, 0.5) is 4.79 Å². The van der Waals surface area contributed by atoms with Crippen LogP contribution in [0, 0.1) is 11.8 Å². The topological polar surface area (TPSA) is 99.9 Å². The normalized spacial score (nSPS) is 12.9. The molecule has 0 saturated carbocycles. The first kappa shape index (κ1) is 20.4. The minimum atomic E-state index is -0.962. The summed E-state index contributed by atoms with van der Waals surface area (Å²) in [6, 6.07) is 8.42. The third-order valence-electron chi connectivity index (χ3n) is 4.26. The second kappa shape index (κ2) is 10.3. The van der Waals surface area contributed by atoms with Gasteiger partial charge in [0.15, 0.2) is 0 Å². The Kier molecular flexibility index (Phi) is 7.81. The number of hydrogen-bond donors (Lipinski definition) is 1. The van der Waals surface area contributed by atoms with Gasteiger partial charge < -0.3 is 23.9 Å². The number of esters is 1. The number of para-hydroxylation sites is 1. The number of carbonyl (C=O) groups is 2. The van der Waals surface area contributed by atoms with Gasteiger partial charge in [-0.2, -0.15) is 0 Å². The predicted molar refractivity (Wildman–Crippen MR) is 95.8 cm³/mol. The average Bonchev–Trinajstić information content (AvgIpc) is 3.07. The molecule has 0 unspecified atom stereocenters. The van der Waals surface area contributed by atoms with E-state index in [1.54, 1.807) is 42.9 Å². The molecule has 2 aromatic rings. The molecule has 1 aromatic carbocycles. The van der Waals surface area contributed by atoms with Crippen LogP contribution in [-0.2, 0) is 27.7 Å². The number of aliphatic hydroxyl groups is 1. The quantitative estimate of drug-likeness (QED) is 0.407. The molecule has 0 aliphatic rings. The van der Waals surface area contributed by atoms with Crippen molar-refractivity contribution in [3.63, 3.8) is 0 Å². The molecule has 8 heteroatoms. The number of aliphatic hydroxyl groups excluding tert-OH is 1. The van der Waals surface area contributed by atoms with Gasteiger partial charge in [-0.15, -0.1) is 0 Å². The maximum absolute atomic E-state index is 12.3. The maximum Gasteiger partial charge on any atom is 0.516 e.